The molecule has 0 aliphatic carbocycles. The first-order chi connectivity index (χ1) is 36.1. The fraction of sp³-hybridized carbons (Fsp3) is 0.925. The van der Waals surface area contributed by atoms with Gasteiger partial charge in [-0.1, -0.05) is 0 Å². The standard InChI is InChI=1S/C40H74N4O33/c1-41-3-2-4-43(36(70)27(64)24(61)33(12(52)6-46)76-39-30(67)21(58)18(55)15(9-49)73-39)44(37(71)28(65)25(62)34(13(53)7-47)77-40-31(68)22(59)19(56)16(10-50)74-40)42-35(69)26(63)23(60)32(11(51)5-45)75-38-29(66)20(57)17(54)14(8-48)72-38/h11-34,38-41,45-68H,2-10H2,1H3,(H,42,69). The zero-order chi connectivity index (χ0) is 58.5. The van der Waals surface area contributed by atoms with Crippen molar-refractivity contribution in [2.45, 2.75) is 172 Å². The molecule has 3 saturated heterocycles. The summed E-state index contributed by atoms with van der Waals surface area (Å²) in [4.78, 5) is 43.1. The summed E-state index contributed by atoms with van der Waals surface area (Å²) in [5.41, 5.74) is 1.55. The zero-order valence-corrected chi connectivity index (χ0v) is 40.8. The third-order valence-corrected chi connectivity index (χ3v) is 12.6. The number of amides is 3. The number of rotatable bonds is 28. The van der Waals surface area contributed by atoms with Crippen molar-refractivity contribution in [3.63, 3.8) is 0 Å². The summed E-state index contributed by atoms with van der Waals surface area (Å²) in [5, 5.41) is 254. The number of nitrogens with one attached hydrogen (secondary N) is 2. The summed E-state index contributed by atoms with van der Waals surface area (Å²) in [6, 6.07) is 0. The van der Waals surface area contributed by atoms with Crippen molar-refractivity contribution in [1.29, 1.82) is 0 Å². The van der Waals surface area contributed by atoms with Gasteiger partial charge in [0.1, 0.15) is 128 Å². The number of aliphatic hydroxyl groups excluding tert-OH is 24. The molecule has 0 bridgehead atoms. The molecule has 27 atom stereocenters. The van der Waals surface area contributed by atoms with Gasteiger partial charge < -0.3 is 156 Å². The Bertz CT molecular complexity index is 1770. The van der Waals surface area contributed by atoms with E-state index in [1.807, 2.05) is 0 Å². The SMILES string of the molecule is CNCCCN(C(=O)C(O)C(O)C(OC1OC(CO)C(O)C(O)C1O)C(O)CO)N(NC(=O)C(O)C(O)C(OC1OC(CO)C(O)C(O)C1O)C(O)CO)C(=O)C(O)C(O)C(OC1OC(CO)C(O)C(O)C1O)C(O)CO. The molecule has 0 aromatic rings. The van der Waals surface area contributed by atoms with Gasteiger partial charge in [0, 0.05) is 6.54 Å². The first-order valence-electron chi connectivity index (χ1n) is 23.6. The lowest BCUT2D eigenvalue weighted by atomic mass is 9.98. The lowest BCUT2D eigenvalue weighted by molar-refractivity contribution is -0.327. The predicted molar refractivity (Wildman–Crippen MR) is 236 cm³/mol. The Labute approximate surface area is 435 Å². The minimum absolute atomic E-state index is 0.0722. The van der Waals surface area contributed by atoms with E-state index in [-0.39, 0.29) is 11.6 Å². The van der Waals surface area contributed by atoms with Crippen LogP contribution in [-0.2, 0) is 42.8 Å². The highest BCUT2D eigenvalue weighted by atomic mass is 16.7. The average Bonchev–Trinajstić information content (AvgIpc) is 3.43. The van der Waals surface area contributed by atoms with Crippen LogP contribution in [0.15, 0.2) is 0 Å². The number of carbonyl (C=O) groups excluding carboxylic acids is 3. The molecule has 26 N–H and O–H groups in total. The van der Waals surface area contributed by atoms with Gasteiger partial charge in [-0.25, -0.2) is 10.4 Å². The van der Waals surface area contributed by atoms with Gasteiger partial charge in [-0.2, -0.15) is 5.12 Å². The Morgan fingerprint density at radius 3 is 1.08 bits per heavy atom. The van der Waals surface area contributed by atoms with Crippen LogP contribution in [0.1, 0.15) is 6.42 Å². The predicted octanol–water partition coefficient (Wildman–Crippen LogP) is -18.0. The molecule has 3 aliphatic heterocycles. The molecular weight excluding hydrogens is 1060 g/mol. The van der Waals surface area contributed by atoms with Crippen LogP contribution in [0, 0.1) is 0 Å². The van der Waals surface area contributed by atoms with Gasteiger partial charge in [-0.3, -0.25) is 14.4 Å². The number of aliphatic hydroxyl groups is 24. The van der Waals surface area contributed by atoms with Crippen LogP contribution >= 0.6 is 0 Å². The van der Waals surface area contributed by atoms with Crippen LogP contribution in [0.5, 0.6) is 0 Å². The van der Waals surface area contributed by atoms with E-state index in [1.165, 1.54) is 7.05 Å². The lowest BCUT2D eigenvalue weighted by Crippen LogP contribution is -2.68. The van der Waals surface area contributed by atoms with Crippen molar-refractivity contribution in [3.8, 4) is 0 Å². The Morgan fingerprint density at radius 1 is 0.468 bits per heavy atom. The molecule has 0 spiro atoms. The largest absolute Gasteiger partial charge is 0.394 e. The second-order valence-corrected chi connectivity index (χ2v) is 18.0. The fourth-order valence-electron chi connectivity index (χ4n) is 7.90. The quantitative estimate of drug-likeness (QED) is 0.0255. The van der Waals surface area contributed by atoms with Crippen molar-refractivity contribution >= 4 is 17.7 Å². The Kier molecular flexibility index (Phi) is 27.9. The second-order valence-electron chi connectivity index (χ2n) is 18.0. The van der Waals surface area contributed by atoms with Crippen molar-refractivity contribution < 1.29 is 165 Å². The minimum Gasteiger partial charge on any atom is -0.394 e. The van der Waals surface area contributed by atoms with Crippen molar-refractivity contribution in [2.24, 2.45) is 0 Å². The maximum atomic E-state index is 14.6. The number of hydrogen-bond donors (Lipinski definition) is 26. The highest BCUT2D eigenvalue weighted by Crippen LogP contribution is 2.29. The van der Waals surface area contributed by atoms with E-state index in [2.05, 4.69) is 5.32 Å². The molecule has 37 heteroatoms. The molecule has 37 nitrogen and oxygen atoms in total. The Morgan fingerprint density at radius 2 is 0.779 bits per heavy atom. The van der Waals surface area contributed by atoms with Crippen molar-refractivity contribution in [1.82, 2.24) is 20.9 Å². The first kappa shape index (κ1) is 68.4. The normalized spacial score (nSPS) is 34.7. The lowest BCUT2D eigenvalue weighted by Gasteiger charge is -2.43. The average molecular weight is 1140 g/mol. The summed E-state index contributed by atoms with van der Waals surface area (Å²) in [5.74, 6) is -6.39. The number of ether oxygens (including phenoxy) is 6. The maximum Gasteiger partial charge on any atom is 0.292 e. The van der Waals surface area contributed by atoms with Crippen molar-refractivity contribution in [2.75, 3.05) is 59.8 Å². The summed E-state index contributed by atoms with van der Waals surface area (Å²) in [7, 11) is 1.34. The van der Waals surface area contributed by atoms with Gasteiger partial charge in [0.15, 0.2) is 37.2 Å². The van der Waals surface area contributed by atoms with Crippen LogP contribution in [0.3, 0.4) is 0 Å². The van der Waals surface area contributed by atoms with E-state index < -0.39 is 241 Å². The molecule has 3 rings (SSSR count). The molecule has 77 heavy (non-hydrogen) atoms. The second kappa shape index (κ2) is 31.4. The molecule has 0 radical (unpaired) electrons. The van der Waals surface area contributed by atoms with Gasteiger partial charge in [0.25, 0.3) is 17.7 Å². The minimum atomic E-state index is -3.26. The van der Waals surface area contributed by atoms with Crippen molar-refractivity contribution in [3.05, 3.63) is 0 Å². The smallest absolute Gasteiger partial charge is 0.292 e. The molecule has 0 aromatic heterocycles. The molecule has 0 aromatic carbocycles. The Hall–Kier alpha value is -2.83. The van der Waals surface area contributed by atoms with E-state index in [9.17, 15) is 137 Å². The van der Waals surface area contributed by atoms with E-state index in [0.29, 0.717) is 0 Å². The molecule has 3 heterocycles. The maximum absolute atomic E-state index is 14.6. The fourth-order valence-corrected chi connectivity index (χ4v) is 7.90. The summed E-state index contributed by atoms with van der Waals surface area (Å²) in [6.45, 7) is -8.56. The topological polar surface area (TPSA) is 623 Å². The van der Waals surface area contributed by atoms with Crippen LogP contribution in [0.25, 0.3) is 0 Å². The molecule has 3 fully saturated rings. The molecule has 0 saturated carbocycles. The number of hydrazine groups is 2. The molecule has 3 aliphatic rings. The molecular formula is C40H74N4O33. The van der Waals surface area contributed by atoms with Crippen LogP contribution in [0.4, 0.5) is 0 Å². The third-order valence-electron chi connectivity index (χ3n) is 12.6. The summed E-state index contributed by atoms with van der Waals surface area (Å²) < 4.78 is 31.4. The van der Waals surface area contributed by atoms with Gasteiger partial charge >= 0.3 is 0 Å². The third kappa shape index (κ3) is 16.4. The van der Waals surface area contributed by atoms with Gasteiger partial charge in [0.2, 0.25) is 0 Å². The van der Waals surface area contributed by atoms with Crippen LogP contribution in [0.2, 0.25) is 0 Å². The van der Waals surface area contributed by atoms with Crippen LogP contribution in [-0.4, -0.2) is 376 Å². The number of carbonyl (C=O) groups is 3. The summed E-state index contributed by atoms with van der Waals surface area (Å²) in [6.07, 6.45) is -64.9. The van der Waals surface area contributed by atoms with Crippen LogP contribution < -0.4 is 10.7 Å². The number of hydrogen-bond acceptors (Lipinski definition) is 34. The van der Waals surface area contributed by atoms with E-state index >= 15 is 0 Å². The molecule has 27 unspecified atom stereocenters. The monoisotopic (exact) mass is 1140 g/mol. The molecule has 452 valence electrons. The first-order valence-corrected chi connectivity index (χ1v) is 23.6. The summed E-state index contributed by atoms with van der Waals surface area (Å²) >= 11 is 0. The Balaban J connectivity index is 2.17. The molecule has 3 amide bonds. The van der Waals surface area contributed by atoms with E-state index in [4.69, 9.17) is 28.4 Å². The van der Waals surface area contributed by atoms with Gasteiger partial charge in [-0.05, 0) is 20.0 Å². The van der Waals surface area contributed by atoms with E-state index in [1.54, 1.807) is 5.43 Å². The van der Waals surface area contributed by atoms with Gasteiger partial charge in [-0.15, -0.1) is 0 Å². The number of nitrogens with zero attached hydrogens (tertiary/aromatic N) is 2. The highest BCUT2D eigenvalue weighted by molar-refractivity contribution is 5.90. The zero-order valence-electron chi connectivity index (χ0n) is 40.8. The highest BCUT2D eigenvalue weighted by Gasteiger charge is 2.52. The van der Waals surface area contributed by atoms with Gasteiger partial charge in [0.05, 0.1) is 39.6 Å². The van der Waals surface area contributed by atoms with E-state index in [0.717, 1.165) is 0 Å².